The molecule has 0 unspecified atom stereocenters. The van der Waals surface area contributed by atoms with Crippen molar-refractivity contribution in [3.63, 3.8) is 0 Å². The lowest BCUT2D eigenvalue weighted by molar-refractivity contribution is -0.123. The van der Waals surface area contributed by atoms with E-state index in [1.165, 1.54) is 0 Å². The highest BCUT2D eigenvalue weighted by Gasteiger charge is 2.35. The van der Waals surface area contributed by atoms with E-state index in [1.807, 2.05) is 6.07 Å². The van der Waals surface area contributed by atoms with Crippen LogP contribution in [-0.4, -0.2) is 48.9 Å². The Morgan fingerprint density at radius 2 is 2.21 bits per heavy atom. The van der Waals surface area contributed by atoms with Gasteiger partial charge in [-0.1, -0.05) is 5.16 Å². The van der Waals surface area contributed by atoms with E-state index in [1.54, 1.807) is 7.11 Å². The molecule has 2 aliphatic rings. The van der Waals surface area contributed by atoms with Gasteiger partial charge in [-0.25, -0.2) is 0 Å². The number of rotatable bonds is 7. The van der Waals surface area contributed by atoms with Gasteiger partial charge in [0.2, 0.25) is 5.91 Å². The number of carbonyl (C=O) groups is 1. The summed E-state index contributed by atoms with van der Waals surface area (Å²) >= 11 is 0. The van der Waals surface area contributed by atoms with E-state index in [9.17, 15) is 4.79 Å². The molecule has 0 saturated carbocycles. The van der Waals surface area contributed by atoms with Crippen molar-refractivity contribution in [2.75, 3.05) is 26.8 Å². The van der Waals surface area contributed by atoms with Crippen molar-refractivity contribution >= 4 is 5.91 Å². The molecule has 2 fully saturated rings. The highest BCUT2D eigenvalue weighted by Crippen LogP contribution is 2.31. The molecule has 1 aromatic heterocycles. The standard InChI is InChI=1S/C17H27N3O4/c1-22-11-14-9-13(19-24-14)10-20-5-2-12(3-6-20)8-16-15(17(18)21)4-7-23-16/h9,12,15-16H,2-8,10-11H2,1H3,(H2,18,21)/t15-,16-/m1/s1. The molecule has 2 saturated heterocycles. The maximum absolute atomic E-state index is 11.5. The number of ether oxygens (including phenoxy) is 2. The Morgan fingerprint density at radius 1 is 1.42 bits per heavy atom. The van der Waals surface area contributed by atoms with E-state index in [-0.39, 0.29) is 17.9 Å². The summed E-state index contributed by atoms with van der Waals surface area (Å²) in [7, 11) is 1.64. The van der Waals surface area contributed by atoms with E-state index in [4.69, 9.17) is 19.7 Å². The van der Waals surface area contributed by atoms with Gasteiger partial charge in [0.1, 0.15) is 6.61 Å². The first-order chi connectivity index (χ1) is 11.7. The van der Waals surface area contributed by atoms with Gasteiger partial charge in [-0.05, 0) is 44.7 Å². The number of likely N-dealkylation sites (tertiary alicyclic amines) is 1. The molecule has 2 atom stereocenters. The van der Waals surface area contributed by atoms with Crippen molar-refractivity contribution in [2.24, 2.45) is 17.6 Å². The number of nitrogens with zero attached hydrogens (tertiary/aromatic N) is 2. The molecule has 3 heterocycles. The van der Waals surface area contributed by atoms with Gasteiger partial charge in [0.25, 0.3) is 0 Å². The monoisotopic (exact) mass is 337 g/mol. The Hall–Kier alpha value is -1.44. The van der Waals surface area contributed by atoms with Crippen molar-refractivity contribution in [2.45, 2.75) is 44.9 Å². The molecule has 2 aliphatic heterocycles. The molecule has 0 radical (unpaired) electrons. The van der Waals surface area contributed by atoms with Crippen molar-refractivity contribution in [1.82, 2.24) is 10.1 Å². The summed E-state index contributed by atoms with van der Waals surface area (Å²) in [5, 5.41) is 4.09. The Bertz CT molecular complexity index is 540. The third kappa shape index (κ3) is 4.34. The smallest absolute Gasteiger partial charge is 0.223 e. The second kappa shape index (κ2) is 8.09. The van der Waals surface area contributed by atoms with Gasteiger partial charge in [0, 0.05) is 26.3 Å². The lowest BCUT2D eigenvalue weighted by Crippen LogP contribution is -2.36. The summed E-state index contributed by atoms with van der Waals surface area (Å²) in [6.45, 7) is 3.99. The second-order valence-corrected chi connectivity index (χ2v) is 6.88. The van der Waals surface area contributed by atoms with Crippen LogP contribution in [0.3, 0.4) is 0 Å². The van der Waals surface area contributed by atoms with Crippen LogP contribution in [0.4, 0.5) is 0 Å². The number of piperidine rings is 1. The fourth-order valence-electron chi connectivity index (χ4n) is 3.78. The van der Waals surface area contributed by atoms with Crippen LogP contribution in [0.5, 0.6) is 0 Å². The van der Waals surface area contributed by atoms with Crippen LogP contribution >= 0.6 is 0 Å². The summed E-state index contributed by atoms with van der Waals surface area (Å²) < 4.78 is 16.0. The molecule has 0 aromatic carbocycles. The molecule has 3 rings (SSSR count). The Morgan fingerprint density at radius 3 is 2.92 bits per heavy atom. The average molecular weight is 337 g/mol. The van der Waals surface area contributed by atoms with Crippen LogP contribution in [0, 0.1) is 11.8 Å². The van der Waals surface area contributed by atoms with Crippen molar-refractivity contribution < 1.29 is 18.8 Å². The van der Waals surface area contributed by atoms with E-state index in [2.05, 4.69) is 10.1 Å². The number of aromatic nitrogens is 1. The van der Waals surface area contributed by atoms with Gasteiger partial charge in [-0.3, -0.25) is 9.69 Å². The minimum Gasteiger partial charge on any atom is -0.377 e. The first-order valence-electron chi connectivity index (χ1n) is 8.72. The Balaban J connectivity index is 1.43. The molecule has 7 nitrogen and oxygen atoms in total. The topological polar surface area (TPSA) is 90.8 Å². The van der Waals surface area contributed by atoms with E-state index in [0.717, 1.165) is 56.8 Å². The van der Waals surface area contributed by atoms with Crippen molar-refractivity contribution in [3.8, 4) is 0 Å². The van der Waals surface area contributed by atoms with E-state index in [0.29, 0.717) is 19.1 Å². The lowest BCUT2D eigenvalue weighted by atomic mass is 9.86. The van der Waals surface area contributed by atoms with Gasteiger partial charge in [0.05, 0.1) is 17.7 Å². The Labute approximate surface area is 142 Å². The largest absolute Gasteiger partial charge is 0.377 e. The molecule has 0 aliphatic carbocycles. The van der Waals surface area contributed by atoms with E-state index < -0.39 is 0 Å². The molecule has 1 aromatic rings. The molecule has 2 N–H and O–H groups in total. The summed E-state index contributed by atoms with van der Waals surface area (Å²) in [6.07, 6.45) is 3.98. The summed E-state index contributed by atoms with van der Waals surface area (Å²) in [5.74, 6) is 1.05. The van der Waals surface area contributed by atoms with Crippen LogP contribution in [0.25, 0.3) is 0 Å². The second-order valence-electron chi connectivity index (χ2n) is 6.88. The third-order valence-electron chi connectivity index (χ3n) is 5.13. The lowest BCUT2D eigenvalue weighted by Gasteiger charge is -2.33. The quantitative estimate of drug-likeness (QED) is 0.807. The highest BCUT2D eigenvalue weighted by molar-refractivity contribution is 5.77. The first-order valence-corrected chi connectivity index (χ1v) is 8.72. The van der Waals surface area contributed by atoms with Crippen LogP contribution in [-0.2, 0) is 27.4 Å². The van der Waals surface area contributed by atoms with E-state index >= 15 is 0 Å². The van der Waals surface area contributed by atoms with Gasteiger partial charge in [-0.2, -0.15) is 0 Å². The molecule has 1 amide bonds. The zero-order valence-corrected chi connectivity index (χ0v) is 14.3. The number of nitrogens with two attached hydrogens (primary N) is 1. The maximum Gasteiger partial charge on any atom is 0.223 e. The number of amides is 1. The molecule has 134 valence electrons. The molecule has 24 heavy (non-hydrogen) atoms. The fraction of sp³-hybridized carbons (Fsp3) is 0.765. The van der Waals surface area contributed by atoms with Crippen LogP contribution in [0.1, 0.15) is 37.1 Å². The van der Waals surface area contributed by atoms with Crippen molar-refractivity contribution in [3.05, 3.63) is 17.5 Å². The maximum atomic E-state index is 11.5. The molecule has 0 spiro atoms. The number of methoxy groups -OCH3 is 1. The average Bonchev–Trinajstić information content (AvgIpc) is 3.19. The minimum atomic E-state index is -0.215. The van der Waals surface area contributed by atoms with Gasteiger partial charge >= 0.3 is 0 Å². The zero-order chi connectivity index (χ0) is 16.9. The summed E-state index contributed by atoms with van der Waals surface area (Å²) in [6, 6.07) is 1.96. The van der Waals surface area contributed by atoms with Gasteiger partial charge < -0.3 is 19.7 Å². The molecular formula is C17H27N3O4. The number of carbonyl (C=O) groups excluding carboxylic acids is 1. The van der Waals surface area contributed by atoms with Gasteiger partial charge in [-0.15, -0.1) is 0 Å². The molecule has 7 heteroatoms. The zero-order valence-electron chi connectivity index (χ0n) is 14.3. The van der Waals surface area contributed by atoms with Crippen molar-refractivity contribution in [1.29, 1.82) is 0 Å². The normalized spacial score (nSPS) is 26.0. The SMILES string of the molecule is COCc1cc(CN2CCC(C[C@H]3OCC[C@H]3C(N)=O)CC2)no1. The van der Waals surface area contributed by atoms with Crippen LogP contribution in [0.2, 0.25) is 0 Å². The predicted octanol–water partition coefficient (Wildman–Crippen LogP) is 1.31. The first kappa shape index (κ1) is 17.4. The molecular weight excluding hydrogens is 310 g/mol. The number of primary amides is 1. The highest BCUT2D eigenvalue weighted by atomic mass is 16.5. The fourth-order valence-corrected chi connectivity index (χ4v) is 3.78. The minimum absolute atomic E-state index is 0.0196. The summed E-state index contributed by atoms with van der Waals surface area (Å²) in [5.41, 5.74) is 6.43. The van der Waals surface area contributed by atoms with Crippen LogP contribution in [0.15, 0.2) is 10.6 Å². The molecule has 0 bridgehead atoms. The third-order valence-corrected chi connectivity index (χ3v) is 5.13. The summed E-state index contributed by atoms with van der Waals surface area (Å²) in [4.78, 5) is 13.9. The predicted molar refractivity (Wildman–Crippen MR) is 86.9 cm³/mol. The Kier molecular flexibility index (Phi) is 5.86. The van der Waals surface area contributed by atoms with Crippen LogP contribution < -0.4 is 5.73 Å². The number of hydrogen-bond donors (Lipinski definition) is 1. The van der Waals surface area contributed by atoms with Gasteiger partial charge in [0.15, 0.2) is 5.76 Å². The number of hydrogen-bond acceptors (Lipinski definition) is 6.